The maximum atomic E-state index is 11.7. The van der Waals surface area contributed by atoms with Crippen molar-refractivity contribution in [1.29, 1.82) is 0 Å². The van der Waals surface area contributed by atoms with Crippen molar-refractivity contribution in [2.45, 2.75) is 24.4 Å². The third kappa shape index (κ3) is 3.18. The van der Waals surface area contributed by atoms with Gasteiger partial charge >= 0.3 is 0 Å². The highest BCUT2D eigenvalue weighted by molar-refractivity contribution is 5.81. The maximum absolute atomic E-state index is 11.7. The molecule has 3 N–H and O–H groups in total. The van der Waals surface area contributed by atoms with Gasteiger partial charge in [-0.25, -0.2) is 0 Å². The lowest BCUT2D eigenvalue weighted by Crippen LogP contribution is -2.60. The average Bonchev–Trinajstić information content (AvgIpc) is 2.37. The van der Waals surface area contributed by atoms with Crippen LogP contribution >= 0.6 is 0 Å². The Morgan fingerprint density at radius 3 is 2.33 bits per heavy atom. The van der Waals surface area contributed by atoms with Gasteiger partial charge < -0.3 is 29.7 Å². The van der Waals surface area contributed by atoms with Gasteiger partial charge in [-0.2, -0.15) is 0 Å². The Labute approximate surface area is 106 Å². The first-order valence-electron chi connectivity index (χ1n) is 5.77. The molecule has 0 saturated carbocycles. The lowest BCUT2D eigenvalue weighted by atomic mass is 9.86. The van der Waals surface area contributed by atoms with Crippen molar-refractivity contribution in [3.8, 4) is 0 Å². The molecule has 0 aliphatic carbocycles. The highest BCUT2D eigenvalue weighted by Gasteiger charge is 2.46. The summed E-state index contributed by atoms with van der Waals surface area (Å²) in [5.41, 5.74) is 0. The number of likely N-dealkylation sites (N-methyl/N-ethyl adjacent to an activating group) is 1. The Balaban J connectivity index is 2.85. The highest BCUT2D eigenvalue weighted by atomic mass is 16.6. The van der Waals surface area contributed by atoms with Crippen LogP contribution in [0.1, 0.15) is 0 Å². The minimum absolute atomic E-state index is 0.103. The molecule has 7 heteroatoms. The molecule has 1 rings (SSSR count). The second-order valence-corrected chi connectivity index (χ2v) is 4.27. The number of aliphatic hydroxyl groups is 2. The lowest BCUT2D eigenvalue weighted by Gasteiger charge is -2.41. The molecule has 18 heavy (non-hydrogen) atoms. The van der Waals surface area contributed by atoms with E-state index in [2.05, 4.69) is 5.32 Å². The first-order valence-corrected chi connectivity index (χ1v) is 5.77. The molecule has 1 heterocycles. The number of nitrogens with one attached hydrogen (secondary N) is 1. The molecule has 106 valence electrons. The Bertz CT molecular complexity index is 274. The minimum Gasteiger partial charge on any atom is -0.390 e. The third-order valence-electron chi connectivity index (χ3n) is 3.07. The molecule has 0 bridgehead atoms. The Morgan fingerprint density at radius 2 is 1.83 bits per heavy atom. The van der Waals surface area contributed by atoms with E-state index in [-0.39, 0.29) is 19.1 Å². The molecule has 5 unspecified atom stereocenters. The van der Waals surface area contributed by atoms with Gasteiger partial charge in [0.25, 0.3) is 0 Å². The fourth-order valence-electron chi connectivity index (χ4n) is 2.10. The monoisotopic (exact) mass is 263 g/mol. The Morgan fingerprint density at radius 1 is 1.22 bits per heavy atom. The number of rotatable bonds is 5. The normalized spacial score (nSPS) is 36.4. The molecule has 0 radical (unpaired) electrons. The second kappa shape index (κ2) is 7.01. The summed E-state index contributed by atoms with van der Waals surface area (Å²) in [7, 11) is 4.40. The van der Waals surface area contributed by atoms with Gasteiger partial charge in [0.05, 0.1) is 19.3 Å². The van der Waals surface area contributed by atoms with Gasteiger partial charge in [-0.15, -0.1) is 0 Å². The molecule has 1 fully saturated rings. The molecule has 1 aliphatic rings. The van der Waals surface area contributed by atoms with Crippen LogP contribution in [0.25, 0.3) is 0 Å². The largest absolute Gasteiger partial charge is 0.390 e. The predicted molar refractivity (Wildman–Crippen MR) is 62.0 cm³/mol. The van der Waals surface area contributed by atoms with Crippen molar-refractivity contribution in [3.05, 3.63) is 0 Å². The summed E-state index contributed by atoms with van der Waals surface area (Å²) in [6, 6.07) is 0. The van der Waals surface area contributed by atoms with Gasteiger partial charge in [0.1, 0.15) is 18.3 Å². The van der Waals surface area contributed by atoms with Crippen molar-refractivity contribution < 1.29 is 29.2 Å². The zero-order chi connectivity index (χ0) is 13.7. The number of hydrogen-bond donors (Lipinski definition) is 3. The summed E-state index contributed by atoms with van der Waals surface area (Å²) < 4.78 is 15.4. The lowest BCUT2D eigenvalue weighted by molar-refractivity contribution is -0.217. The van der Waals surface area contributed by atoms with Crippen molar-refractivity contribution in [3.63, 3.8) is 0 Å². The van der Waals surface area contributed by atoms with E-state index in [0.29, 0.717) is 0 Å². The van der Waals surface area contributed by atoms with Gasteiger partial charge in [-0.1, -0.05) is 0 Å². The van der Waals surface area contributed by atoms with Crippen LogP contribution in [0.3, 0.4) is 0 Å². The van der Waals surface area contributed by atoms with E-state index >= 15 is 0 Å². The first-order chi connectivity index (χ1) is 8.56. The van der Waals surface area contributed by atoms with Crippen LogP contribution in [0.2, 0.25) is 0 Å². The number of carbonyl (C=O) groups is 1. The third-order valence-corrected chi connectivity index (χ3v) is 3.07. The molecule has 0 aromatic rings. The molecule has 7 nitrogen and oxygen atoms in total. The highest BCUT2D eigenvalue weighted by Crippen LogP contribution is 2.27. The van der Waals surface area contributed by atoms with Gasteiger partial charge in [0.15, 0.2) is 0 Å². The molecular weight excluding hydrogens is 242 g/mol. The van der Waals surface area contributed by atoms with Crippen molar-refractivity contribution in [2.75, 3.05) is 34.5 Å². The smallest absolute Gasteiger partial charge is 0.249 e. The number of amides is 1. The van der Waals surface area contributed by atoms with Crippen molar-refractivity contribution in [1.82, 2.24) is 5.32 Å². The molecular formula is C11H21NO6. The number of carbonyl (C=O) groups excluding carboxylic acids is 1. The summed E-state index contributed by atoms with van der Waals surface area (Å²) in [6.45, 7) is 0.224. The second-order valence-electron chi connectivity index (χ2n) is 4.27. The molecule has 0 spiro atoms. The van der Waals surface area contributed by atoms with Crippen LogP contribution in [-0.4, -0.2) is 75.0 Å². The SMILES string of the molecule is CNC(=O)C1OC(COC)C(O)C(O)C1COC. The quantitative estimate of drug-likeness (QED) is 0.538. The maximum Gasteiger partial charge on any atom is 0.249 e. The zero-order valence-electron chi connectivity index (χ0n) is 10.8. The van der Waals surface area contributed by atoms with E-state index in [1.165, 1.54) is 21.3 Å². The van der Waals surface area contributed by atoms with E-state index in [4.69, 9.17) is 14.2 Å². The van der Waals surface area contributed by atoms with E-state index in [1.807, 2.05) is 0 Å². The fraction of sp³-hybridized carbons (Fsp3) is 0.909. The van der Waals surface area contributed by atoms with E-state index in [0.717, 1.165) is 0 Å². The Kier molecular flexibility index (Phi) is 5.97. The van der Waals surface area contributed by atoms with E-state index in [9.17, 15) is 15.0 Å². The standard InChI is InChI=1S/C11H21NO6/c1-12-11(15)10-6(4-16-2)8(13)9(14)7(18-10)5-17-3/h6-10,13-14H,4-5H2,1-3H3,(H,12,15). The predicted octanol–water partition coefficient (Wildman–Crippen LogP) is -1.87. The minimum atomic E-state index is -1.11. The van der Waals surface area contributed by atoms with Gasteiger partial charge in [0.2, 0.25) is 5.91 Å². The topological polar surface area (TPSA) is 97.3 Å². The van der Waals surface area contributed by atoms with E-state index < -0.39 is 30.3 Å². The summed E-state index contributed by atoms with van der Waals surface area (Å²) in [4.78, 5) is 11.7. The molecule has 1 aliphatic heterocycles. The van der Waals surface area contributed by atoms with Crippen LogP contribution in [-0.2, 0) is 19.0 Å². The van der Waals surface area contributed by atoms with Crippen LogP contribution in [0, 0.1) is 5.92 Å². The van der Waals surface area contributed by atoms with E-state index in [1.54, 1.807) is 0 Å². The van der Waals surface area contributed by atoms with Gasteiger partial charge in [-0.05, 0) is 0 Å². The number of aliphatic hydroxyl groups excluding tert-OH is 2. The summed E-state index contributed by atoms with van der Waals surface area (Å²) in [6.07, 6.45) is -3.80. The van der Waals surface area contributed by atoms with Crippen molar-refractivity contribution >= 4 is 5.91 Å². The molecule has 0 aromatic carbocycles. The fourth-order valence-corrected chi connectivity index (χ4v) is 2.10. The zero-order valence-corrected chi connectivity index (χ0v) is 10.8. The van der Waals surface area contributed by atoms with Crippen molar-refractivity contribution in [2.24, 2.45) is 5.92 Å². The van der Waals surface area contributed by atoms with Crippen LogP contribution in [0.4, 0.5) is 0 Å². The van der Waals surface area contributed by atoms with Crippen LogP contribution < -0.4 is 5.32 Å². The molecule has 5 atom stereocenters. The van der Waals surface area contributed by atoms with Crippen LogP contribution in [0.5, 0.6) is 0 Å². The summed E-state index contributed by atoms with van der Waals surface area (Å²) in [5, 5.41) is 22.4. The van der Waals surface area contributed by atoms with Gasteiger partial charge in [0, 0.05) is 27.2 Å². The summed E-state index contributed by atoms with van der Waals surface area (Å²) in [5.74, 6) is -0.970. The summed E-state index contributed by atoms with van der Waals surface area (Å²) >= 11 is 0. The van der Waals surface area contributed by atoms with Gasteiger partial charge in [-0.3, -0.25) is 4.79 Å². The van der Waals surface area contributed by atoms with Crippen LogP contribution in [0.15, 0.2) is 0 Å². The number of methoxy groups -OCH3 is 2. The molecule has 1 amide bonds. The molecule has 1 saturated heterocycles. The number of ether oxygens (including phenoxy) is 3. The molecule has 0 aromatic heterocycles. The first kappa shape index (κ1) is 15.3. The number of hydrogen-bond acceptors (Lipinski definition) is 6. The average molecular weight is 263 g/mol. The Hall–Kier alpha value is -0.730.